The van der Waals surface area contributed by atoms with E-state index < -0.39 is 10.0 Å². The smallest absolute Gasteiger partial charge is 0.241 e. The number of hydrogen-bond donors (Lipinski definition) is 2. The predicted molar refractivity (Wildman–Crippen MR) is 84.3 cm³/mol. The molecule has 1 heterocycles. The Morgan fingerprint density at radius 1 is 1.29 bits per heavy atom. The monoisotopic (exact) mass is 336 g/mol. The van der Waals surface area contributed by atoms with E-state index in [2.05, 4.69) is 10.0 Å². The zero-order valence-corrected chi connectivity index (χ0v) is 14.4. The lowest BCUT2D eigenvalue weighted by molar-refractivity contribution is 0.0736. The second-order valence-corrected chi connectivity index (χ2v) is 7.49. The highest BCUT2D eigenvalue weighted by Gasteiger charge is 2.19. The third-order valence-corrected chi connectivity index (χ3v) is 5.50. The van der Waals surface area contributed by atoms with Gasteiger partial charge in [0.05, 0.1) is 24.7 Å². The summed E-state index contributed by atoms with van der Waals surface area (Å²) in [5, 5.41) is 3.19. The first-order valence-corrected chi connectivity index (χ1v) is 9.17. The van der Waals surface area contributed by atoms with E-state index in [9.17, 15) is 8.42 Å². The van der Waals surface area contributed by atoms with Gasteiger partial charge in [-0.15, -0.1) is 11.3 Å². The van der Waals surface area contributed by atoms with Crippen LogP contribution in [0, 0.1) is 6.92 Å². The molecule has 21 heavy (non-hydrogen) atoms. The Morgan fingerprint density at radius 2 is 2.05 bits per heavy atom. The maximum absolute atomic E-state index is 12.2. The van der Waals surface area contributed by atoms with Crippen LogP contribution in [-0.4, -0.2) is 48.4 Å². The number of aryl methyl sites for hydroxylation is 1. The van der Waals surface area contributed by atoms with Crippen molar-refractivity contribution in [2.75, 3.05) is 40.0 Å². The summed E-state index contributed by atoms with van der Waals surface area (Å²) in [7, 11) is -1.87. The van der Waals surface area contributed by atoms with Crippen LogP contribution in [0.2, 0.25) is 0 Å². The molecule has 0 aliphatic rings. The van der Waals surface area contributed by atoms with Crippen LogP contribution in [0.5, 0.6) is 0 Å². The largest absolute Gasteiger partial charge is 0.382 e. The average molecular weight is 336 g/mol. The van der Waals surface area contributed by atoms with Crippen molar-refractivity contribution in [3.8, 4) is 0 Å². The quantitative estimate of drug-likeness (QED) is 0.592. The molecule has 0 bridgehead atoms. The average Bonchev–Trinajstić information content (AvgIpc) is 2.82. The predicted octanol–water partition coefficient (Wildman–Crippen LogP) is 1.11. The highest BCUT2D eigenvalue weighted by molar-refractivity contribution is 7.89. The summed E-state index contributed by atoms with van der Waals surface area (Å²) in [6.07, 6.45) is 0. The number of ether oxygens (including phenoxy) is 2. The first-order valence-electron chi connectivity index (χ1n) is 6.87. The Hall–Kier alpha value is -0.510. The summed E-state index contributed by atoms with van der Waals surface area (Å²) in [4.78, 5) is 2.18. The van der Waals surface area contributed by atoms with Crippen LogP contribution in [0.1, 0.15) is 16.7 Å². The first kappa shape index (κ1) is 18.5. The lowest BCUT2D eigenvalue weighted by Gasteiger charge is -2.07. The minimum absolute atomic E-state index is 0.254. The normalized spacial score (nSPS) is 12.0. The lowest BCUT2D eigenvalue weighted by atomic mass is 10.4. The molecule has 0 saturated heterocycles. The third-order valence-electron chi connectivity index (χ3n) is 2.73. The van der Waals surface area contributed by atoms with Crippen molar-refractivity contribution in [2.24, 2.45) is 0 Å². The van der Waals surface area contributed by atoms with Crippen LogP contribution in [-0.2, 0) is 26.0 Å². The Kier molecular flexibility index (Phi) is 8.38. The van der Waals surface area contributed by atoms with E-state index in [4.69, 9.17) is 9.47 Å². The van der Waals surface area contributed by atoms with Gasteiger partial charge in [0.2, 0.25) is 10.0 Å². The minimum Gasteiger partial charge on any atom is -0.382 e. The third kappa shape index (κ3) is 6.41. The maximum atomic E-state index is 12.2. The van der Waals surface area contributed by atoms with Crippen LogP contribution in [0.15, 0.2) is 11.0 Å². The summed E-state index contributed by atoms with van der Waals surface area (Å²) in [6, 6.07) is 1.73. The van der Waals surface area contributed by atoms with Gasteiger partial charge in [0, 0.05) is 30.0 Å². The topological polar surface area (TPSA) is 76.7 Å². The first-order chi connectivity index (χ1) is 10.0. The van der Waals surface area contributed by atoms with Gasteiger partial charge in [-0.05, 0) is 19.5 Å². The molecule has 0 aliphatic heterocycles. The SMILES string of the molecule is CCNCc1cc(S(=O)(=O)NCCOCCOC)c(C)s1. The Labute approximate surface area is 130 Å². The van der Waals surface area contributed by atoms with Crippen molar-refractivity contribution in [1.82, 2.24) is 10.0 Å². The van der Waals surface area contributed by atoms with E-state index in [1.165, 1.54) is 11.3 Å². The molecule has 0 aromatic carbocycles. The fraction of sp³-hybridized carbons (Fsp3) is 0.692. The van der Waals surface area contributed by atoms with Crippen LogP contribution >= 0.6 is 11.3 Å². The van der Waals surface area contributed by atoms with Gasteiger partial charge in [0.15, 0.2) is 0 Å². The fourth-order valence-electron chi connectivity index (χ4n) is 1.70. The molecular formula is C13H24N2O4S2. The van der Waals surface area contributed by atoms with Crippen molar-refractivity contribution >= 4 is 21.4 Å². The van der Waals surface area contributed by atoms with Gasteiger partial charge >= 0.3 is 0 Å². The summed E-state index contributed by atoms with van der Waals surface area (Å²) < 4.78 is 37.1. The van der Waals surface area contributed by atoms with Crippen molar-refractivity contribution in [1.29, 1.82) is 0 Å². The maximum Gasteiger partial charge on any atom is 0.241 e. The zero-order chi connectivity index (χ0) is 15.7. The molecule has 0 fully saturated rings. The Balaban J connectivity index is 2.51. The molecule has 122 valence electrons. The molecule has 0 unspecified atom stereocenters. The van der Waals surface area contributed by atoms with Crippen molar-refractivity contribution in [2.45, 2.75) is 25.3 Å². The van der Waals surface area contributed by atoms with Gasteiger partial charge in [-0.2, -0.15) is 0 Å². The second-order valence-electron chi connectivity index (χ2n) is 4.42. The number of sulfonamides is 1. The number of thiophene rings is 1. The second kappa shape index (κ2) is 9.50. The number of nitrogens with one attached hydrogen (secondary N) is 2. The van der Waals surface area contributed by atoms with Crippen LogP contribution in [0.4, 0.5) is 0 Å². The number of rotatable bonds is 11. The van der Waals surface area contributed by atoms with Gasteiger partial charge in [0.25, 0.3) is 0 Å². The molecule has 0 atom stereocenters. The van der Waals surface area contributed by atoms with E-state index >= 15 is 0 Å². The molecule has 0 spiro atoms. The minimum atomic E-state index is -3.47. The molecule has 1 rings (SSSR count). The molecule has 1 aromatic heterocycles. The van der Waals surface area contributed by atoms with Crippen molar-refractivity contribution in [3.05, 3.63) is 15.8 Å². The number of hydrogen-bond acceptors (Lipinski definition) is 6. The van der Waals surface area contributed by atoms with E-state index in [0.717, 1.165) is 16.3 Å². The Morgan fingerprint density at radius 3 is 2.71 bits per heavy atom. The molecule has 1 aromatic rings. The summed E-state index contributed by atoms with van der Waals surface area (Å²) in [5.41, 5.74) is 0. The van der Waals surface area contributed by atoms with E-state index in [1.807, 2.05) is 13.8 Å². The molecule has 0 saturated carbocycles. The molecule has 0 aliphatic carbocycles. The summed E-state index contributed by atoms with van der Waals surface area (Å²) in [5.74, 6) is 0. The lowest BCUT2D eigenvalue weighted by Crippen LogP contribution is -2.28. The highest BCUT2D eigenvalue weighted by atomic mass is 32.2. The zero-order valence-electron chi connectivity index (χ0n) is 12.8. The molecular weight excluding hydrogens is 312 g/mol. The van der Waals surface area contributed by atoms with Gasteiger partial charge in [-0.1, -0.05) is 6.92 Å². The van der Waals surface area contributed by atoms with E-state index in [1.54, 1.807) is 13.2 Å². The van der Waals surface area contributed by atoms with Gasteiger partial charge in [-0.25, -0.2) is 13.1 Å². The van der Waals surface area contributed by atoms with Gasteiger partial charge < -0.3 is 14.8 Å². The number of methoxy groups -OCH3 is 1. The van der Waals surface area contributed by atoms with Crippen LogP contribution < -0.4 is 10.0 Å². The van der Waals surface area contributed by atoms with Crippen molar-refractivity contribution < 1.29 is 17.9 Å². The summed E-state index contributed by atoms with van der Waals surface area (Å²) in [6.45, 7) is 6.94. The molecule has 6 nitrogen and oxygen atoms in total. The van der Waals surface area contributed by atoms with Gasteiger partial charge in [-0.3, -0.25) is 0 Å². The molecule has 8 heteroatoms. The van der Waals surface area contributed by atoms with Crippen LogP contribution in [0.25, 0.3) is 0 Å². The van der Waals surface area contributed by atoms with E-state index in [-0.39, 0.29) is 6.54 Å². The van der Waals surface area contributed by atoms with Crippen LogP contribution in [0.3, 0.4) is 0 Å². The molecule has 0 radical (unpaired) electrons. The fourth-order valence-corrected chi connectivity index (χ4v) is 4.31. The highest BCUT2D eigenvalue weighted by Crippen LogP contribution is 2.25. The Bertz CT molecular complexity index is 514. The standard InChI is InChI=1S/C13H24N2O4S2/c1-4-14-10-12-9-13(11(2)20-12)21(16,17)15-5-6-19-8-7-18-3/h9,14-15H,4-8,10H2,1-3H3. The summed E-state index contributed by atoms with van der Waals surface area (Å²) >= 11 is 1.50. The molecule has 2 N–H and O–H groups in total. The van der Waals surface area contributed by atoms with Crippen molar-refractivity contribution in [3.63, 3.8) is 0 Å². The van der Waals surface area contributed by atoms with Gasteiger partial charge in [0.1, 0.15) is 0 Å². The van der Waals surface area contributed by atoms with E-state index in [0.29, 0.717) is 31.3 Å². The molecule has 0 amide bonds.